The molecule has 0 atom stereocenters. The predicted molar refractivity (Wildman–Crippen MR) is 71.8 cm³/mol. The zero-order valence-corrected chi connectivity index (χ0v) is 11.6. The van der Waals surface area contributed by atoms with Gasteiger partial charge in [0.2, 0.25) is 0 Å². The first-order valence-corrected chi connectivity index (χ1v) is 5.84. The van der Waals surface area contributed by atoms with E-state index in [9.17, 15) is 4.79 Å². The topological polar surface area (TPSA) is 82.8 Å². The summed E-state index contributed by atoms with van der Waals surface area (Å²) in [7, 11) is 1.56. The number of nitrogens with one attached hydrogen (secondary N) is 1. The van der Waals surface area contributed by atoms with Crippen molar-refractivity contribution in [2.24, 2.45) is 5.90 Å². The van der Waals surface area contributed by atoms with Gasteiger partial charge < -0.3 is 9.47 Å². The summed E-state index contributed by atoms with van der Waals surface area (Å²) in [4.78, 5) is 16.3. The maximum atomic E-state index is 11.7. The number of carbonyl (C=O) groups excluding carboxylic acids is 1. The Morgan fingerprint density at radius 1 is 1.37 bits per heavy atom. The van der Waals surface area contributed by atoms with Crippen LogP contribution < -0.4 is 16.0 Å². The van der Waals surface area contributed by atoms with Gasteiger partial charge in [0.05, 0.1) is 13.7 Å². The summed E-state index contributed by atoms with van der Waals surface area (Å²) in [6.07, 6.45) is -0.532. The van der Waals surface area contributed by atoms with Gasteiger partial charge in [0.1, 0.15) is 11.4 Å². The zero-order chi connectivity index (χ0) is 14.5. The number of rotatable bonds is 4. The van der Waals surface area contributed by atoms with E-state index in [1.807, 2.05) is 0 Å². The Bertz CT molecular complexity index is 441. The van der Waals surface area contributed by atoms with Gasteiger partial charge in [-0.1, -0.05) is 0 Å². The maximum absolute atomic E-state index is 11.7. The summed E-state index contributed by atoms with van der Waals surface area (Å²) in [5.74, 6) is 5.72. The molecule has 0 radical (unpaired) electrons. The molecule has 0 unspecified atom stereocenters. The molecular formula is C13H20N2O4. The first kappa shape index (κ1) is 15.3. The quantitative estimate of drug-likeness (QED) is 0.819. The summed E-state index contributed by atoms with van der Waals surface area (Å²) >= 11 is 0. The molecule has 0 aromatic heterocycles. The minimum atomic E-state index is -0.554. The molecule has 1 rings (SSSR count). The Morgan fingerprint density at radius 3 is 2.58 bits per heavy atom. The van der Waals surface area contributed by atoms with Crippen molar-refractivity contribution in [1.82, 2.24) is 0 Å². The molecule has 106 valence electrons. The monoisotopic (exact) mass is 268 g/mol. The van der Waals surface area contributed by atoms with Gasteiger partial charge in [0, 0.05) is 11.3 Å². The Hall–Kier alpha value is -1.79. The van der Waals surface area contributed by atoms with Crippen molar-refractivity contribution in [3.05, 3.63) is 23.8 Å². The van der Waals surface area contributed by atoms with Crippen molar-refractivity contribution in [2.75, 3.05) is 12.4 Å². The number of methoxy groups -OCH3 is 1. The molecule has 6 nitrogen and oxygen atoms in total. The minimum Gasteiger partial charge on any atom is -0.497 e. The smallest absolute Gasteiger partial charge is 0.412 e. The van der Waals surface area contributed by atoms with Crippen molar-refractivity contribution < 1.29 is 19.1 Å². The first-order valence-electron chi connectivity index (χ1n) is 5.84. The Morgan fingerprint density at radius 2 is 2.05 bits per heavy atom. The van der Waals surface area contributed by atoms with E-state index in [1.54, 1.807) is 46.1 Å². The molecule has 0 saturated carbocycles. The average molecular weight is 268 g/mol. The van der Waals surface area contributed by atoms with E-state index in [-0.39, 0.29) is 6.61 Å². The van der Waals surface area contributed by atoms with Crippen LogP contribution in [0, 0.1) is 0 Å². The van der Waals surface area contributed by atoms with E-state index >= 15 is 0 Å². The Balaban J connectivity index is 2.84. The summed E-state index contributed by atoms with van der Waals surface area (Å²) < 4.78 is 10.3. The number of anilines is 1. The van der Waals surface area contributed by atoms with Crippen LogP contribution in [0.15, 0.2) is 18.2 Å². The minimum absolute atomic E-state index is 0.155. The molecule has 0 bridgehead atoms. The van der Waals surface area contributed by atoms with Gasteiger partial charge in [-0.3, -0.25) is 10.2 Å². The number of nitrogens with two attached hydrogens (primary N) is 1. The highest BCUT2D eigenvalue weighted by molar-refractivity contribution is 5.86. The lowest BCUT2D eigenvalue weighted by atomic mass is 10.1. The summed E-state index contributed by atoms with van der Waals surface area (Å²) in [5, 5.41) is 2.65. The highest BCUT2D eigenvalue weighted by atomic mass is 16.6. The van der Waals surface area contributed by atoms with Crippen LogP contribution in [-0.4, -0.2) is 18.8 Å². The van der Waals surface area contributed by atoms with Crippen LogP contribution in [0.5, 0.6) is 5.75 Å². The van der Waals surface area contributed by atoms with Gasteiger partial charge in [-0.2, -0.15) is 0 Å². The van der Waals surface area contributed by atoms with Crippen LogP contribution >= 0.6 is 0 Å². The molecule has 3 N–H and O–H groups in total. The third-order valence-electron chi connectivity index (χ3n) is 2.19. The lowest BCUT2D eigenvalue weighted by Gasteiger charge is -2.20. The molecular weight excluding hydrogens is 248 g/mol. The van der Waals surface area contributed by atoms with Crippen LogP contribution in [0.1, 0.15) is 26.3 Å². The molecule has 0 saturated heterocycles. The molecule has 1 aromatic rings. The number of ether oxygens (including phenoxy) is 2. The predicted octanol–water partition coefficient (Wildman–Crippen LogP) is 2.43. The van der Waals surface area contributed by atoms with E-state index in [0.29, 0.717) is 17.0 Å². The SMILES string of the molecule is COc1ccc(NC(=O)OC(C)(C)C)c(CON)c1. The summed E-state index contributed by atoms with van der Waals surface area (Å²) in [5.41, 5.74) is 0.717. The van der Waals surface area contributed by atoms with Crippen LogP contribution in [0.3, 0.4) is 0 Å². The largest absolute Gasteiger partial charge is 0.497 e. The molecule has 0 spiro atoms. The number of amides is 1. The van der Waals surface area contributed by atoms with Crippen molar-refractivity contribution >= 4 is 11.8 Å². The van der Waals surface area contributed by atoms with Gasteiger partial charge in [-0.05, 0) is 39.0 Å². The molecule has 1 aromatic carbocycles. The van der Waals surface area contributed by atoms with Gasteiger partial charge >= 0.3 is 6.09 Å². The molecule has 19 heavy (non-hydrogen) atoms. The molecule has 1 amide bonds. The van der Waals surface area contributed by atoms with E-state index in [4.69, 9.17) is 15.4 Å². The molecule has 0 fully saturated rings. The second-order valence-electron chi connectivity index (χ2n) is 4.96. The van der Waals surface area contributed by atoms with Gasteiger partial charge in [0.15, 0.2) is 0 Å². The van der Waals surface area contributed by atoms with Gasteiger partial charge in [0.25, 0.3) is 0 Å². The van der Waals surface area contributed by atoms with Crippen molar-refractivity contribution in [3.8, 4) is 5.75 Å². The molecule has 0 heterocycles. The van der Waals surface area contributed by atoms with Gasteiger partial charge in [-0.15, -0.1) is 0 Å². The van der Waals surface area contributed by atoms with Crippen molar-refractivity contribution in [1.29, 1.82) is 0 Å². The lowest BCUT2D eigenvalue weighted by Crippen LogP contribution is -2.27. The van der Waals surface area contributed by atoms with Crippen LogP contribution in [-0.2, 0) is 16.2 Å². The van der Waals surface area contributed by atoms with Crippen molar-refractivity contribution in [2.45, 2.75) is 33.0 Å². The molecule has 6 heteroatoms. The van der Waals surface area contributed by atoms with Crippen molar-refractivity contribution in [3.63, 3.8) is 0 Å². The standard InChI is InChI=1S/C13H20N2O4/c1-13(2,3)19-12(16)15-11-6-5-10(17-4)7-9(11)8-18-14/h5-7H,8,14H2,1-4H3,(H,15,16). The molecule has 0 aliphatic heterocycles. The summed E-state index contributed by atoms with van der Waals surface area (Å²) in [6.45, 7) is 5.54. The van der Waals surface area contributed by atoms with E-state index in [0.717, 1.165) is 0 Å². The zero-order valence-electron chi connectivity index (χ0n) is 11.6. The normalized spacial score (nSPS) is 11.0. The van der Waals surface area contributed by atoms with Crippen LogP contribution in [0.25, 0.3) is 0 Å². The molecule has 0 aliphatic carbocycles. The fraction of sp³-hybridized carbons (Fsp3) is 0.462. The number of hydrogen-bond donors (Lipinski definition) is 2. The highest BCUT2D eigenvalue weighted by Crippen LogP contribution is 2.23. The second-order valence-corrected chi connectivity index (χ2v) is 4.96. The fourth-order valence-electron chi connectivity index (χ4n) is 1.44. The fourth-order valence-corrected chi connectivity index (χ4v) is 1.44. The summed E-state index contributed by atoms with van der Waals surface area (Å²) in [6, 6.07) is 5.17. The third kappa shape index (κ3) is 5.15. The highest BCUT2D eigenvalue weighted by Gasteiger charge is 2.17. The number of benzene rings is 1. The third-order valence-corrected chi connectivity index (χ3v) is 2.19. The number of carbonyl (C=O) groups is 1. The maximum Gasteiger partial charge on any atom is 0.412 e. The lowest BCUT2D eigenvalue weighted by molar-refractivity contribution is 0.0635. The van der Waals surface area contributed by atoms with Crippen LogP contribution in [0.4, 0.5) is 10.5 Å². The van der Waals surface area contributed by atoms with E-state index in [1.165, 1.54) is 0 Å². The van der Waals surface area contributed by atoms with E-state index < -0.39 is 11.7 Å². The van der Waals surface area contributed by atoms with Gasteiger partial charge in [-0.25, -0.2) is 10.7 Å². The number of hydrogen-bond acceptors (Lipinski definition) is 5. The Labute approximate surface area is 112 Å². The molecule has 0 aliphatic rings. The Kier molecular flexibility index (Phi) is 5.14. The second kappa shape index (κ2) is 6.40. The first-order chi connectivity index (χ1) is 8.85. The van der Waals surface area contributed by atoms with Crippen LogP contribution in [0.2, 0.25) is 0 Å². The van der Waals surface area contributed by atoms with E-state index in [2.05, 4.69) is 10.2 Å². The average Bonchev–Trinajstić information content (AvgIpc) is 2.29.